The Morgan fingerprint density at radius 1 is 1.22 bits per heavy atom. The molecule has 1 N–H and O–H groups in total. The number of aryl methyl sites for hydroxylation is 1. The molecular formula is C17H26O. The van der Waals surface area contributed by atoms with E-state index in [1.807, 2.05) is 12.1 Å². The standard InChI is InChI=1S/C17H26O/c1-12-11-14(18)8-9-15(12)17(5)10-6-7-13(2)16(17,3)4/h8-9,11,13,18H,6-7,10H2,1-5H3. The normalized spacial score (nSPS) is 31.3. The zero-order chi connectivity index (χ0) is 13.6. The highest BCUT2D eigenvalue weighted by molar-refractivity contribution is 5.40. The predicted octanol–water partition coefficient (Wildman–Crippen LogP) is 4.80. The quantitative estimate of drug-likeness (QED) is 0.754. The fraction of sp³-hybridized carbons (Fsp3) is 0.647. The first-order chi connectivity index (χ1) is 8.29. The van der Waals surface area contributed by atoms with E-state index in [4.69, 9.17) is 0 Å². The number of hydrogen-bond acceptors (Lipinski definition) is 1. The van der Waals surface area contributed by atoms with Gasteiger partial charge in [0, 0.05) is 0 Å². The first kappa shape index (κ1) is 13.5. The zero-order valence-corrected chi connectivity index (χ0v) is 12.4. The molecule has 0 radical (unpaired) electrons. The molecule has 0 aromatic heterocycles. The third-order valence-electron chi connectivity index (χ3n) is 5.77. The Balaban J connectivity index is 2.52. The van der Waals surface area contributed by atoms with Crippen LogP contribution in [0.2, 0.25) is 0 Å². The fourth-order valence-electron chi connectivity index (χ4n) is 3.74. The zero-order valence-electron chi connectivity index (χ0n) is 12.4. The summed E-state index contributed by atoms with van der Waals surface area (Å²) in [6, 6.07) is 5.86. The van der Waals surface area contributed by atoms with E-state index in [1.54, 1.807) is 0 Å². The van der Waals surface area contributed by atoms with Crippen LogP contribution in [0.3, 0.4) is 0 Å². The minimum Gasteiger partial charge on any atom is -0.508 e. The van der Waals surface area contributed by atoms with Crippen LogP contribution in [0, 0.1) is 18.3 Å². The van der Waals surface area contributed by atoms with Gasteiger partial charge in [0.15, 0.2) is 0 Å². The van der Waals surface area contributed by atoms with Crippen molar-refractivity contribution < 1.29 is 5.11 Å². The molecule has 1 aliphatic rings. The molecular weight excluding hydrogens is 220 g/mol. The van der Waals surface area contributed by atoms with Crippen molar-refractivity contribution in [3.63, 3.8) is 0 Å². The van der Waals surface area contributed by atoms with Crippen LogP contribution in [0.25, 0.3) is 0 Å². The summed E-state index contributed by atoms with van der Waals surface area (Å²) in [5, 5.41) is 9.60. The maximum absolute atomic E-state index is 9.60. The summed E-state index contributed by atoms with van der Waals surface area (Å²) < 4.78 is 0. The van der Waals surface area contributed by atoms with Crippen molar-refractivity contribution >= 4 is 0 Å². The number of hydrogen-bond donors (Lipinski definition) is 1. The van der Waals surface area contributed by atoms with Crippen molar-refractivity contribution in [3.8, 4) is 5.75 Å². The Morgan fingerprint density at radius 2 is 1.89 bits per heavy atom. The molecule has 1 nitrogen and oxygen atoms in total. The largest absolute Gasteiger partial charge is 0.508 e. The van der Waals surface area contributed by atoms with E-state index in [0.717, 1.165) is 5.92 Å². The smallest absolute Gasteiger partial charge is 0.115 e. The molecule has 18 heavy (non-hydrogen) atoms. The molecule has 0 spiro atoms. The molecule has 0 amide bonds. The Bertz CT molecular complexity index is 447. The van der Waals surface area contributed by atoms with Gasteiger partial charge in [-0.05, 0) is 53.4 Å². The van der Waals surface area contributed by atoms with Gasteiger partial charge >= 0.3 is 0 Å². The van der Waals surface area contributed by atoms with E-state index in [9.17, 15) is 5.11 Å². The van der Waals surface area contributed by atoms with Crippen molar-refractivity contribution in [3.05, 3.63) is 29.3 Å². The minimum atomic E-state index is 0.211. The van der Waals surface area contributed by atoms with Crippen LogP contribution in [-0.2, 0) is 5.41 Å². The van der Waals surface area contributed by atoms with Crippen LogP contribution in [0.4, 0.5) is 0 Å². The van der Waals surface area contributed by atoms with Gasteiger partial charge in [-0.25, -0.2) is 0 Å². The summed E-state index contributed by atoms with van der Waals surface area (Å²) in [7, 11) is 0. The molecule has 0 aliphatic heterocycles. The molecule has 2 atom stereocenters. The van der Waals surface area contributed by atoms with E-state index in [1.165, 1.54) is 30.4 Å². The highest BCUT2D eigenvalue weighted by Gasteiger charge is 2.48. The summed E-state index contributed by atoms with van der Waals surface area (Å²) in [6.45, 7) is 11.7. The van der Waals surface area contributed by atoms with Crippen molar-refractivity contribution in [1.82, 2.24) is 0 Å². The number of phenols is 1. The maximum Gasteiger partial charge on any atom is 0.115 e. The van der Waals surface area contributed by atoms with Crippen LogP contribution >= 0.6 is 0 Å². The average molecular weight is 246 g/mol. The lowest BCUT2D eigenvalue weighted by Crippen LogP contribution is -2.47. The maximum atomic E-state index is 9.60. The predicted molar refractivity (Wildman–Crippen MR) is 77.0 cm³/mol. The Hall–Kier alpha value is -0.980. The second-order valence-corrected chi connectivity index (χ2v) is 6.85. The van der Waals surface area contributed by atoms with Gasteiger partial charge in [0.2, 0.25) is 0 Å². The highest BCUT2D eigenvalue weighted by Crippen LogP contribution is 2.55. The molecule has 0 saturated heterocycles. The lowest BCUT2D eigenvalue weighted by Gasteiger charge is -2.53. The SMILES string of the molecule is Cc1cc(O)ccc1C1(C)CCCC(C)C1(C)C. The summed E-state index contributed by atoms with van der Waals surface area (Å²) in [5.41, 5.74) is 3.15. The van der Waals surface area contributed by atoms with Gasteiger partial charge in [0.25, 0.3) is 0 Å². The van der Waals surface area contributed by atoms with Gasteiger partial charge in [0.1, 0.15) is 5.75 Å². The minimum absolute atomic E-state index is 0.211. The molecule has 1 heteroatoms. The van der Waals surface area contributed by atoms with Crippen LogP contribution in [-0.4, -0.2) is 5.11 Å². The molecule has 2 unspecified atom stereocenters. The second-order valence-electron chi connectivity index (χ2n) is 6.85. The van der Waals surface area contributed by atoms with Gasteiger partial charge in [-0.2, -0.15) is 0 Å². The molecule has 1 fully saturated rings. The Morgan fingerprint density at radius 3 is 2.50 bits per heavy atom. The fourth-order valence-corrected chi connectivity index (χ4v) is 3.74. The van der Waals surface area contributed by atoms with E-state index in [0.29, 0.717) is 11.2 Å². The van der Waals surface area contributed by atoms with E-state index in [2.05, 4.69) is 40.7 Å². The summed E-state index contributed by atoms with van der Waals surface area (Å²) in [6.07, 6.45) is 3.89. The van der Waals surface area contributed by atoms with Gasteiger partial charge in [-0.15, -0.1) is 0 Å². The Labute approximate surface area is 111 Å². The first-order valence-corrected chi connectivity index (χ1v) is 7.09. The molecule has 1 saturated carbocycles. The second kappa shape index (κ2) is 4.29. The van der Waals surface area contributed by atoms with Crippen molar-refractivity contribution in [2.75, 3.05) is 0 Å². The van der Waals surface area contributed by atoms with Gasteiger partial charge in [0.05, 0.1) is 0 Å². The van der Waals surface area contributed by atoms with Crippen molar-refractivity contribution in [1.29, 1.82) is 0 Å². The first-order valence-electron chi connectivity index (χ1n) is 7.09. The lowest BCUT2D eigenvalue weighted by molar-refractivity contribution is 0.0472. The van der Waals surface area contributed by atoms with E-state index < -0.39 is 0 Å². The van der Waals surface area contributed by atoms with Gasteiger partial charge in [-0.1, -0.05) is 46.6 Å². The highest BCUT2D eigenvalue weighted by atomic mass is 16.3. The third-order valence-corrected chi connectivity index (χ3v) is 5.77. The monoisotopic (exact) mass is 246 g/mol. The molecule has 0 bridgehead atoms. The molecule has 1 aromatic carbocycles. The number of rotatable bonds is 1. The summed E-state index contributed by atoms with van der Waals surface area (Å²) in [4.78, 5) is 0. The Kier molecular flexibility index (Phi) is 3.21. The van der Waals surface area contributed by atoms with Crippen LogP contribution in [0.5, 0.6) is 5.75 Å². The van der Waals surface area contributed by atoms with E-state index in [-0.39, 0.29) is 5.41 Å². The van der Waals surface area contributed by atoms with Gasteiger partial charge in [-0.3, -0.25) is 0 Å². The van der Waals surface area contributed by atoms with Crippen LogP contribution < -0.4 is 0 Å². The topological polar surface area (TPSA) is 20.2 Å². The lowest BCUT2D eigenvalue weighted by atomic mass is 9.51. The molecule has 100 valence electrons. The summed E-state index contributed by atoms with van der Waals surface area (Å²) in [5.74, 6) is 1.12. The number of benzene rings is 1. The third kappa shape index (κ3) is 1.84. The number of phenolic OH excluding ortho intramolecular Hbond substituents is 1. The molecule has 1 aromatic rings. The molecule has 0 heterocycles. The average Bonchev–Trinajstić information content (AvgIpc) is 2.26. The van der Waals surface area contributed by atoms with Crippen LogP contribution in [0.1, 0.15) is 58.1 Å². The summed E-state index contributed by atoms with van der Waals surface area (Å²) >= 11 is 0. The molecule has 1 aliphatic carbocycles. The van der Waals surface area contributed by atoms with Crippen molar-refractivity contribution in [2.24, 2.45) is 11.3 Å². The van der Waals surface area contributed by atoms with E-state index >= 15 is 0 Å². The van der Waals surface area contributed by atoms with Gasteiger partial charge < -0.3 is 5.11 Å². The van der Waals surface area contributed by atoms with Crippen molar-refractivity contribution in [2.45, 2.75) is 59.3 Å². The number of aromatic hydroxyl groups is 1. The van der Waals surface area contributed by atoms with Crippen LogP contribution in [0.15, 0.2) is 18.2 Å². The molecule has 2 rings (SSSR count).